The summed E-state index contributed by atoms with van der Waals surface area (Å²) in [5.41, 5.74) is 1.56. The van der Waals surface area contributed by atoms with Crippen LogP contribution in [0.25, 0.3) is 10.8 Å². The van der Waals surface area contributed by atoms with Gasteiger partial charge in [-0.15, -0.1) is 0 Å². The number of fused-ring (bicyclic) bond motifs is 2. The highest BCUT2D eigenvalue weighted by Gasteiger charge is 2.35. The molecule has 0 N–H and O–H groups in total. The monoisotopic (exact) mass is 390 g/mol. The molecule has 2 aromatic carbocycles. The van der Waals surface area contributed by atoms with Crippen molar-refractivity contribution in [3.05, 3.63) is 54.6 Å². The second kappa shape index (κ2) is 9.83. The smallest absolute Gasteiger partial charge is 0.120 e. The maximum atomic E-state index is 5.69. The summed E-state index contributed by atoms with van der Waals surface area (Å²) < 4.78 is 5.69. The Balaban J connectivity index is 1.37. The lowest BCUT2D eigenvalue weighted by atomic mass is 9.63. The van der Waals surface area contributed by atoms with E-state index in [-0.39, 0.29) is 0 Å². The Morgan fingerprint density at radius 3 is 2.59 bits per heavy atom. The molecule has 0 heterocycles. The fourth-order valence-electron chi connectivity index (χ4n) is 5.98. The first-order valence-corrected chi connectivity index (χ1v) is 12.0. The zero-order valence-electron chi connectivity index (χ0n) is 18.2. The lowest BCUT2D eigenvalue weighted by molar-refractivity contribution is 0.113. The van der Waals surface area contributed by atoms with Crippen LogP contribution in [0.4, 0.5) is 0 Å². The van der Waals surface area contributed by atoms with Gasteiger partial charge in [0.25, 0.3) is 0 Å². The van der Waals surface area contributed by atoms with Gasteiger partial charge in [0, 0.05) is 0 Å². The van der Waals surface area contributed by atoms with Gasteiger partial charge >= 0.3 is 0 Å². The standard InChI is InChI=1S/C28H38O/c1-3-5-6-7-21-8-9-23-18-24(11-10-22(23)17-21)25-12-13-27-20-28(29-16-4-2)15-14-26(27)19-25/h4,12-15,19-24H,2-3,5-11,16-18H2,1H3/t21?,22-,23?,24-/m1/s1. The summed E-state index contributed by atoms with van der Waals surface area (Å²) in [7, 11) is 0. The molecule has 2 aliphatic carbocycles. The van der Waals surface area contributed by atoms with E-state index in [0.29, 0.717) is 6.61 Å². The minimum atomic E-state index is 0.563. The molecular weight excluding hydrogens is 352 g/mol. The Bertz CT molecular complexity index is 807. The molecule has 1 nitrogen and oxygen atoms in total. The molecule has 0 saturated heterocycles. The van der Waals surface area contributed by atoms with Gasteiger partial charge in [-0.1, -0.05) is 75.9 Å². The highest BCUT2D eigenvalue weighted by Crippen LogP contribution is 2.48. The molecule has 156 valence electrons. The van der Waals surface area contributed by atoms with Crippen LogP contribution in [0.2, 0.25) is 0 Å². The fourth-order valence-corrected chi connectivity index (χ4v) is 5.98. The lowest BCUT2D eigenvalue weighted by Gasteiger charge is -2.42. The third-order valence-corrected chi connectivity index (χ3v) is 7.61. The molecular formula is C28H38O. The predicted molar refractivity (Wildman–Crippen MR) is 125 cm³/mol. The molecule has 2 aromatic rings. The van der Waals surface area contributed by atoms with Crippen LogP contribution in [0.3, 0.4) is 0 Å². The van der Waals surface area contributed by atoms with E-state index in [4.69, 9.17) is 4.74 Å². The number of unbranched alkanes of at least 4 members (excludes halogenated alkanes) is 2. The molecule has 0 amide bonds. The first kappa shape index (κ1) is 20.5. The van der Waals surface area contributed by atoms with Crippen LogP contribution in [0.5, 0.6) is 5.75 Å². The van der Waals surface area contributed by atoms with Crippen molar-refractivity contribution < 1.29 is 4.74 Å². The zero-order valence-corrected chi connectivity index (χ0v) is 18.2. The first-order chi connectivity index (χ1) is 14.3. The summed E-state index contributed by atoms with van der Waals surface area (Å²) in [5, 5.41) is 2.62. The van der Waals surface area contributed by atoms with Crippen LogP contribution in [-0.4, -0.2) is 6.61 Å². The molecule has 2 unspecified atom stereocenters. The molecule has 0 aromatic heterocycles. The number of hydrogen-bond acceptors (Lipinski definition) is 1. The quantitative estimate of drug-likeness (QED) is 0.325. The van der Waals surface area contributed by atoms with Gasteiger partial charge in [-0.2, -0.15) is 0 Å². The maximum absolute atomic E-state index is 5.69. The minimum absolute atomic E-state index is 0.563. The molecule has 29 heavy (non-hydrogen) atoms. The molecule has 2 aliphatic rings. The summed E-state index contributed by atoms with van der Waals surface area (Å²) in [4.78, 5) is 0. The van der Waals surface area contributed by atoms with Crippen LogP contribution in [-0.2, 0) is 0 Å². The van der Waals surface area contributed by atoms with E-state index in [1.54, 1.807) is 11.6 Å². The number of ether oxygens (including phenoxy) is 1. The molecule has 4 atom stereocenters. The van der Waals surface area contributed by atoms with Crippen LogP contribution in [0.15, 0.2) is 49.1 Å². The molecule has 2 fully saturated rings. The van der Waals surface area contributed by atoms with Gasteiger partial charge < -0.3 is 4.74 Å². The number of hydrogen-bond donors (Lipinski definition) is 0. The number of benzene rings is 2. The van der Waals surface area contributed by atoms with Gasteiger partial charge in [-0.25, -0.2) is 0 Å². The van der Waals surface area contributed by atoms with E-state index < -0.39 is 0 Å². The summed E-state index contributed by atoms with van der Waals surface area (Å²) in [6, 6.07) is 13.6. The van der Waals surface area contributed by atoms with Gasteiger partial charge in [0.1, 0.15) is 12.4 Å². The van der Waals surface area contributed by atoms with E-state index in [2.05, 4.69) is 49.9 Å². The van der Waals surface area contributed by atoms with Crippen LogP contribution >= 0.6 is 0 Å². The first-order valence-electron chi connectivity index (χ1n) is 12.0. The van der Waals surface area contributed by atoms with Gasteiger partial charge in [0.15, 0.2) is 0 Å². The van der Waals surface area contributed by atoms with Crippen LogP contribution < -0.4 is 4.74 Å². The third-order valence-electron chi connectivity index (χ3n) is 7.61. The molecule has 0 radical (unpaired) electrons. The largest absolute Gasteiger partial charge is 0.490 e. The summed E-state index contributed by atoms with van der Waals surface area (Å²) in [6.07, 6.45) is 16.3. The van der Waals surface area contributed by atoms with Crippen molar-refractivity contribution in [1.29, 1.82) is 0 Å². The van der Waals surface area contributed by atoms with Crippen molar-refractivity contribution in [2.45, 2.75) is 77.0 Å². The van der Waals surface area contributed by atoms with E-state index in [9.17, 15) is 0 Å². The summed E-state index contributed by atoms with van der Waals surface area (Å²) >= 11 is 0. The van der Waals surface area contributed by atoms with Gasteiger partial charge in [0.2, 0.25) is 0 Å². The third kappa shape index (κ3) is 5.05. The Morgan fingerprint density at radius 2 is 1.72 bits per heavy atom. The van der Waals surface area contributed by atoms with E-state index >= 15 is 0 Å². The average Bonchev–Trinajstić information content (AvgIpc) is 2.77. The molecule has 0 spiro atoms. The SMILES string of the molecule is C=CCOc1ccc2cc([C@@H]3CC[C@@H]4CC(CCCCC)CCC4C3)ccc2c1. The second-order valence-corrected chi connectivity index (χ2v) is 9.57. The summed E-state index contributed by atoms with van der Waals surface area (Å²) in [5.74, 6) is 4.70. The average molecular weight is 391 g/mol. The molecule has 1 heteroatoms. The minimum Gasteiger partial charge on any atom is -0.490 e. The van der Waals surface area contributed by atoms with E-state index in [0.717, 1.165) is 29.4 Å². The Morgan fingerprint density at radius 1 is 0.931 bits per heavy atom. The Hall–Kier alpha value is -1.76. The van der Waals surface area contributed by atoms with E-state index in [1.807, 2.05) is 0 Å². The van der Waals surface area contributed by atoms with Crippen LogP contribution in [0, 0.1) is 17.8 Å². The predicted octanol–water partition coefficient (Wildman–Crippen LogP) is 8.28. The van der Waals surface area contributed by atoms with Crippen molar-refractivity contribution in [3.63, 3.8) is 0 Å². The maximum Gasteiger partial charge on any atom is 0.120 e. The fraction of sp³-hybridized carbons (Fsp3) is 0.571. The topological polar surface area (TPSA) is 9.23 Å². The van der Waals surface area contributed by atoms with Gasteiger partial charge in [-0.3, -0.25) is 0 Å². The molecule has 0 aliphatic heterocycles. The lowest BCUT2D eigenvalue weighted by Crippen LogP contribution is -2.30. The highest BCUT2D eigenvalue weighted by atomic mass is 16.5. The molecule has 0 bridgehead atoms. The zero-order chi connectivity index (χ0) is 20.1. The Kier molecular flexibility index (Phi) is 6.95. The van der Waals surface area contributed by atoms with Crippen molar-refractivity contribution in [1.82, 2.24) is 0 Å². The highest BCUT2D eigenvalue weighted by molar-refractivity contribution is 5.84. The molecule has 4 rings (SSSR count). The normalized spacial score (nSPS) is 26.8. The Labute approximate surface area is 177 Å². The van der Waals surface area contributed by atoms with Crippen molar-refractivity contribution >= 4 is 10.8 Å². The summed E-state index contributed by atoms with van der Waals surface area (Å²) in [6.45, 7) is 6.61. The number of rotatable bonds is 8. The van der Waals surface area contributed by atoms with Gasteiger partial charge in [-0.05, 0) is 84.2 Å². The second-order valence-electron chi connectivity index (χ2n) is 9.57. The van der Waals surface area contributed by atoms with Gasteiger partial charge in [0.05, 0.1) is 0 Å². The van der Waals surface area contributed by atoms with Crippen molar-refractivity contribution in [2.24, 2.45) is 17.8 Å². The van der Waals surface area contributed by atoms with Crippen molar-refractivity contribution in [2.75, 3.05) is 6.61 Å². The van der Waals surface area contributed by atoms with E-state index in [1.165, 1.54) is 75.0 Å². The van der Waals surface area contributed by atoms with Crippen LogP contribution in [0.1, 0.15) is 82.6 Å². The molecule has 2 saturated carbocycles. The van der Waals surface area contributed by atoms with Crippen molar-refractivity contribution in [3.8, 4) is 5.75 Å².